The number of nitrogens with zero attached hydrogens (tertiary/aromatic N) is 2. The zero-order chi connectivity index (χ0) is 18.0. The van der Waals surface area contributed by atoms with Crippen LogP contribution in [0.3, 0.4) is 0 Å². The molecular weight excluding hydrogens is 451 g/mol. The molecule has 0 saturated carbocycles. The van der Waals surface area contributed by atoms with E-state index in [1.807, 2.05) is 37.3 Å². The predicted octanol–water partition coefficient (Wildman–Crippen LogP) is 4.81. The van der Waals surface area contributed by atoms with Gasteiger partial charge in [0.05, 0.1) is 21.3 Å². The number of rotatable bonds is 5. The zero-order valence-corrected chi connectivity index (χ0v) is 17.3. The summed E-state index contributed by atoms with van der Waals surface area (Å²) in [6.45, 7) is 2.01. The fraction of sp³-hybridized carbons (Fsp3) is 0.222. The van der Waals surface area contributed by atoms with E-state index >= 15 is 0 Å². The molecule has 25 heavy (non-hydrogen) atoms. The first-order valence-electron chi connectivity index (χ1n) is 7.47. The number of aromatic nitrogens is 2. The van der Waals surface area contributed by atoms with E-state index in [0.29, 0.717) is 11.5 Å². The molecule has 7 heteroatoms. The van der Waals surface area contributed by atoms with E-state index in [2.05, 4.69) is 32.8 Å². The highest BCUT2D eigenvalue weighted by molar-refractivity contribution is 14.1. The summed E-state index contributed by atoms with van der Waals surface area (Å²) in [5.41, 5.74) is 3.05. The number of halogens is 1. The largest absolute Gasteiger partial charge is 0.496 e. The van der Waals surface area contributed by atoms with Crippen LogP contribution in [0, 0.1) is 10.5 Å². The van der Waals surface area contributed by atoms with Gasteiger partial charge in [-0.3, -0.25) is 0 Å². The Bertz CT molecular complexity index is 911. The summed E-state index contributed by atoms with van der Waals surface area (Å²) < 4.78 is 17.2. The molecule has 0 aliphatic rings. The standard InChI is InChI=1S/C18H17IN2O3S/c1-10-5-6-11(7-14(10)22-2)17-20-21-18(25-17)12-8-15(23-3)16(24-4)9-13(12)19/h5-9H,1-4H3. The SMILES string of the molecule is COc1cc(-c2nnc(-c3cc(OC)c(OC)cc3I)s2)ccc1C. The Hall–Kier alpha value is -1.87. The molecule has 130 valence electrons. The minimum absolute atomic E-state index is 0.673. The topological polar surface area (TPSA) is 53.5 Å². The molecule has 0 fully saturated rings. The monoisotopic (exact) mass is 468 g/mol. The third-order valence-electron chi connectivity index (χ3n) is 3.78. The molecule has 0 unspecified atom stereocenters. The summed E-state index contributed by atoms with van der Waals surface area (Å²) in [6.07, 6.45) is 0. The first kappa shape index (κ1) is 17.9. The molecule has 0 bridgehead atoms. The van der Waals surface area contributed by atoms with E-state index in [1.165, 1.54) is 11.3 Å². The van der Waals surface area contributed by atoms with Gasteiger partial charge in [-0.25, -0.2) is 0 Å². The fourth-order valence-electron chi connectivity index (χ4n) is 2.42. The highest BCUT2D eigenvalue weighted by atomic mass is 127. The van der Waals surface area contributed by atoms with Crippen molar-refractivity contribution in [3.05, 3.63) is 39.5 Å². The van der Waals surface area contributed by atoms with Crippen LogP contribution in [-0.4, -0.2) is 31.5 Å². The average Bonchev–Trinajstić information content (AvgIpc) is 3.11. The van der Waals surface area contributed by atoms with Crippen molar-refractivity contribution in [3.8, 4) is 38.4 Å². The summed E-state index contributed by atoms with van der Waals surface area (Å²) in [6, 6.07) is 9.90. The number of aryl methyl sites for hydroxylation is 1. The van der Waals surface area contributed by atoms with Crippen molar-refractivity contribution in [3.63, 3.8) is 0 Å². The third-order valence-corrected chi connectivity index (χ3v) is 5.68. The maximum Gasteiger partial charge on any atom is 0.161 e. The summed E-state index contributed by atoms with van der Waals surface area (Å²) in [4.78, 5) is 0. The molecule has 1 aromatic heterocycles. The van der Waals surface area contributed by atoms with Crippen LogP contribution in [0.2, 0.25) is 0 Å². The molecule has 0 atom stereocenters. The summed E-state index contributed by atoms with van der Waals surface area (Å²) in [7, 11) is 4.92. The molecule has 0 spiro atoms. The summed E-state index contributed by atoms with van der Waals surface area (Å²) in [5.74, 6) is 2.21. The zero-order valence-electron chi connectivity index (χ0n) is 14.3. The van der Waals surface area contributed by atoms with E-state index in [0.717, 1.165) is 36.0 Å². The maximum atomic E-state index is 5.40. The molecule has 2 aromatic carbocycles. The lowest BCUT2D eigenvalue weighted by molar-refractivity contribution is 0.355. The van der Waals surface area contributed by atoms with Gasteiger partial charge in [0.15, 0.2) is 11.5 Å². The first-order valence-corrected chi connectivity index (χ1v) is 9.37. The van der Waals surface area contributed by atoms with Crippen molar-refractivity contribution in [2.24, 2.45) is 0 Å². The van der Waals surface area contributed by atoms with Gasteiger partial charge >= 0.3 is 0 Å². The van der Waals surface area contributed by atoms with Gasteiger partial charge in [-0.2, -0.15) is 0 Å². The normalized spacial score (nSPS) is 10.6. The Balaban J connectivity index is 2.02. The van der Waals surface area contributed by atoms with E-state index in [4.69, 9.17) is 14.2 Å². The molecular formula is C18H17IN2O3S. The Morgan fingerprint density at radius 3 is 2.16 bits per heavy atom. The van der Waals surface area contributed by atoms with Crippen LogP contribution in [0.1, 0.15) is 5.56 Å². The van der Waals surface area contributed by atoms with Gasteiger partial charge in [-0.05, 0) is 53.3 Å². The predicted molar refractivity (Wildman–Crippen MR) is 108 cm³/mol. The second-order valence-electron chi connectivity index (χ2n) is 5.28. The van der Waals surface area contributed by atoms with Crippen LogP contribution in [0.5, 0.6) is 17.2 Å². The summed E-state index contributed by atoms with van der Waals surface area (Å²) >= 11 is 3.80. The Morgan fingerprint density at radius 1 is 0.840 bits per heavy atom. The number of hydrogen-bond donors (Lipinski definition) is 0. The highest BCUT2D eigenvalue weighted by Gasteiger charge is 2.16. The number of ether oxygens (including phenoxy) is 3. The van der Waals surface area contributed by atoms with Gasteiger partial charge in [0.2, 0.25) is 0 Å². The first-order chi connectivity index (χ1) is 12.1. The maximum absolute atomic E-state index is 5.40. The van der Waals surface area contributed by atoms with Gasteiger partial charge in [0.25, 0.3) is 0 Å². The second-order valence-corrected chi connectivity index (χ2v) is 7.42. The molecule has 0 aliphatic carbocycles. The van der Waals surface area contributed by atoms with Crippen LogP contribution >= 0.6 is 33.9 Å². The van der Waals surface area contributed by atoms with Crippen LogP contribution in [0.15, 0.2) is 30.3 Å². The molecule has 1 heterocycles. The van der Waals surface area contributed by atoms with Crippen molar-refractivity contribution >= 4 is 33.9 Å². The Kier molecular flexibility index (Phi) is 5.43. The van der Waals surface area contributed by atoms with E-state index in [1.54, 1.807) is 21.3 Å². The minimum atomic E-state index is 0.673. The molecule has 0 aliphatic heterocycles. The highest BCUT2D eigenvalue weighted by Crippen LogP contribution is 2.39. The van der Waals surface area contributed by atoms with Crippen LogP contribution < -0.4 is 14.2 Å². The smallest absolute Gasteiger partial charge is 0.161 e. The van der Waals surface area contributed by atoms with Crippen molar-refractivity contribution in [1.82, 2.24) is 10.2 Å². The van der Waals surface area contributed by atoms with Crippen molar-refractivity contribution in [1.29, 1.82) is 0 Å². The van der Waals surface area contributed by atoms with Gasteiger partial charge in [-0.15, -0.1) is 10.2 Å². The van der Waals surface area contributed by atoms with Gasteiger partial charge in [0.1, 0.15) is 15.8 Å². The number of methoxy groups -OCH3 is 3. The average molecular weight is 468 g/mol. The van der Waals surface area contributed by atoms with Crippen LogP contribution in [0.25, 0.3) is 21.1 Å². The lowest BCUT2D eigenvalue weighted by atomic mass is 10.1. The molecule has 0 saturated heterocycles. The van der Waals surface area contributed by atoms with E-state index < -0.39 is 0 Å². The molecule has 3 rings (SSSR count). The van der Waals surface area contributed by atoms with Crippen LogP contribution in [-0.2, 0) is 0 Å². The quantitative estimate of drug-likeness (QED) is 0.503. The molecule has 5 nitrogen and oxygen atoms in total. The number of hydrogen-bond acceptors (Lipinski definition) is 6. The van der Waals surface area contributed by atoms with Crippen molar-refractivity contribution < 1.29 is 14.2 Å². The summed E-state index contributed by atoms with van der Waals surface area (Å²) in [5, 5.41) is 10.4. The van der Waals surface area contributed by atoms with E-state index in [-0.39, 0.29) is 0 Å². The number of benzene rings is 2. The lowest BCUT2D eigenvalue weighted by Gasteiger charge is -2.10. The third kappa shape index (κ3) is 3.57. The van der Waals surface area contributed by atoms with Gasteiger partial charge < -0.3 is 14.2 Å². The van der Waals surface area contributed by atoms with Gasteiger partial charge in [0, 0.05) is 14.7 Å². The molecule has 3 aromatic rings. The van der Waals surface area contributed by atoms with Crippen molar-refractivity contribution in [2.75, 3.05) is 21.3 Å². The Morgan fingerprint density at radius 2 is 1.48 bits per heavy atom. The molecule has 0 N–H and O–H groups in total. The Labute approximate surface area is 164 Å². The minimum Gasteiger partial charge on any atom is -0.496 e. The van der Waals surface area contributed by atoms with Gasteiger partial charge in [-0.1, -0.05) is 23.5 Å². The van der Waals surface area contributed by atoms with Crippen molar-refractivity contribution in [2.45, 2.75) is 6.92 Å². The van der Waals surface area contributed by atoms with Crippen LogP contribution in [0.4, 0.5) is 0 Å². The molecule has 0 radical (unpaired) electrons. The fourth-order valence-corrected chi connectivity index (χ4v) is 4.17. The van der Waals surface area contributed by atoms with E-state index in [9.17, 15) is 0 Å². The molecule has 0 amide bonds. The second kappa shape index (κ2) is 7.57. The lowest BCUT2D eigenvalue weighted by Crippen LogP contribution is -1.93.